The molecule has 0 unspecified atom stereocenters. The van der Waals surface area contributed by atoms with Crippen LogP contribution in [0.25, 0.3) is 0 Å². The summed E-state index contributed by atoms with van der Waals surface area (Å²) in [5.74, 6) is -0.0862. The molecule has 6 nitrogen and oxygen atoms in total. The van der Waals surface area contributed by atoms with Crippen LogP contribution >= 0.6 is 0 Å². The summed E-state index contributed by atoms with van der Waals surface area (Å²) in [6.07, 6.45) is 0.275. The number of Topliss-reactive ketones (excluding diaryl/α,β-unsaturated/α-hetero) is 1. The van der Waals surface area contributed by atoms with Gasteiger partial charge in [0.05, 0.1) is 26.3 Å². The second-order valence-electron chi connectivity index (χ2n) is 3.97. The van der Waals surface area contributed by atoms with Crippen LogP contribution in [0.5, 0.6) is 0 Å². The van der Waals surface area contributed by atoms with Gasteiger partial charge in [-0.1, -0.05) is 6.92 Å². The maximum absolute atomic E-state index is 11.5. The SMILES string of the molecule is CCCOC(=O)N(C)CC(=O)CN(C)CCO. The third kappa shape index (κ3) is 7.70. The van der Waals surface area contributed by atoms with Crippen molar-refractivity contribution in [1.82, 2.24) is 9.80 Å². The maximum Gasteiger partial charge on any atom is 0.409 e. The molecule has 0 aromatic heterocycles. The van der Waals surface area contributed by atoms with Gasteiger partial charge in [0.15, 0.2) is 5.78 Å². The number of aliphatic hydroxyl groups is 1. The van der Waals surface area contributed by atoms with E-state index in [4.69, 9.17) is 9.84 Å². The molecular weight excluding hydrogens is 224 g/mol. The number of carbonyl (C=O) groups excluding carboxylic acids is 2. The van der Waals surface area contributed by atoms with Gasteiger partial charge in [-0.25, -0.2) is 4.79 Å². The molecule has 0 saturated carbocycles. The lowest BCUT2D eigenvalue weighted by molar-refractivity contribution is -0.120. The monoisotopic (exact) mass is 246 g/mol. The molecule has 100 valence electrons. The molecule has 0 fully saturated rings. The molecule has 0 heterocycles. The van der Waals surface area contributed by atoms with Crippen molar-refractivity contribution in [3.8, 4) is 0 Å². The first-order valence-electron chi connectivity index (χ1n) is 5.70. The van der Waals surface area contributed by atoms with E-state index in [1.165, 1.54) is 11.9 Å². The third-order valence-electron chi connectivity index (χ3n) is 2.08. The first kappa shape index (κ1) is 15.9. The Morgan fingerprint density at radius 2 is 1.88 bits per heavy atom. The van der Waals surface area contributed by atoms with Crippen LogP contribution in [0.3, 0.4) is 0 Å². The molecule has 0 aliphatic heterocycles. The number of amides is 1. The molecule has 0 rings (SSSR count). The van der Waals surface area contributed by atoms with Gasteiger partial charge in [-0.2, -0.15) is 0 Å². The van der Waals surface area contributed by atoms with Crippen molar-refractivity contribution < 1.29 is 19.4 Å². The quantitative estimate of drug-likeness (QED) is 0.650. The number of ketones is 1. The van der Waals surface area contributed by atoms with Crippen molar-refractivity contribution in [2.24, 2.45) is 0 Å². The highest BCUT2D eigenvalue weighted by Crippen LogP contribution is 1.93. The highest BCUT2D eigenvalue weighted by Gasteiger charge is 2.14. The summed E-state index contributed by atoms with van der Waals surface area (Å²) in [6, 6.07) is 0. The largest absolute Gasteiger partial charge is 0.449 e. The fourth-order valence-corrected chi connectivity index (χ4v) is 1.23. The Morgan fingerprint density at radius 3 is 2.41 bits per heavy atom. The van der Waals surface area contributed by atoms with E-state index in [1.807, 2.05) is 6.92 Å². The van der Waals surface area contributed by atoms with Gasteiger partial charge in [0, 0.05) is 13.6 Å². The van der Waals surface area contributed by atoms with Gasteiger partial charge in [-0.15, -0.1) is 0 Å². The standard InChI is InChI=1S/C11H22N2O4/c1-4-7-17-11(16)13(3)9-10(15)8-12(2)5-6-14/h14H,4-9H2,1-3H3. The number of likely N-dealkylation sites (N-methyl/N-ethyl adjacent to an activating group) is 2. The lowest BCUT2D eigenvalue weighted by atomic mass is 10.3. The minimum absolute atomic E-state index is 0.0121. The van der Waals surface area contributed by atoms with Crippen molar-refractivity contribution in [2.45, 2.75) is 13.3 Å². The Hall–Kier alpha value is -1.14. The summed E-state index contributed by atoms with van der Waals surface area (Å²) in [5.41, 5.74) is 0. The Balaban J connectivity index is 3.90. The number of aliphatic hydroxyl groups excluding tert-OH is 1. The number of rotatable bonds is 8. The van der Waals surface area contributed by atoms with E-state index >= 15 is 0 Å². The summed E-state index contributed by atoms with van der Waals surface area (Å²) in [6.45, 7) is 2.96. The smallest absolute Gasteiger partial charge is 0.409 e. The average molecular weight is 246 g/mol. The molecule has 0 spiro atoms. The van der Waals surface area contributed by atoms with Crippen LogP contribution in [-0.4, -0.2) is 73.7 Å². The molecule has 1 amide bonds. The van der Waals surface area contributed by atoms with Gasteiger partial charge in [-0.05, 0) is 13.5 Å². The molecule has 0 aromatic carbocycles. The van der Waals surface area contributed by atoms with E-state index in [-0.39, 0.29) is 25.5 Å². The molecular formula is C11H22N2O4. The van der Waals surface area contributed by atoms with Crippen LogP contribution in [-0.2, 0) is 9.53 Å². The minimum atomic E-state index is -0.481. The molecule has 0 aliphatic carbocycles. The topological polar surface area (TPSA) is 70.1 Å². The molecule has 0 aliphatic rings. The number of hydrogen-bond acceptors (Lipinski definition) is 5. The van der Waals surface area contributed by atoms with Crippen molar-refractivity contribution in [3.05, 3.63) is 0 Å². The second kappa shape index (κ2) is 8.95. The highest BCUT2D eigenvalue weighted by molar-refractivity contribution is 5.85. The zero-order valence-corrected chi connectivity index (χ0v) is 10.8. The molecule has 0 radical (unpaired) electrons. The Morgan fingerprint density at radius 1 is 1.24 bits per heavy atom. The van der Waals surface area contributed by atoms with E-state index in [2.05, 4.69) is 0 Å². The van der Waals surface area contributed by atoms with Crippen LogP contribution in [0.1, 0.15) is 13.3 Å². The van der Waals surface area contributed by atoms with Gasteiger partial charge in [0.25, 0.3) is 0 Å². The Labute approximate surface area is 102 Å². The molecule has 0 bridgehead atoms. The predicted molar refractivity (Wildman–Crippen MR) is 63.9 cm³/mol. The Bertz CT molecular complexity index is 246. The molecule has 0 saturated heterocycles. The van der Waals surface area contributed by atoms with Crippen LogP contribution in [0.2, 0.25) is 0 Å². The summed E-state index contributed by atoms with van der Waals surface area (Å²) < 4.78 is 4.89. The molecule has 6 heteroatoms. The van der Waals surface area contributed by atoms with Gasteiger partial charge in [-0.3, -0.25) is 9.69 Å². The van der Waals surface area contributed by atoms with Crippen molar-refractivity contribution in [1.29, 1.82) is 0 Å². The van der Waals surface area contributed by atoms with E-state index < -0.39 is 6.09 Å². The maximum atomic E-state index is 11.5. The second-order valence-corrected chi connectivity index (χ2v) is 3.97. The molecule has 0 atom stereocenters. The zero-order valence-electron chi connectivity index (χ0n) is 10.8. The van der Waals surface area contributed by atoms with Gasteiger partial charge >= 0.3 is 6.09 Å². The Kier molecular flexibility index (Phi) is 8.35. The zero-order chi connectivity index (χ0) is 13.3. The predicted octanol–water partition coefficient (Wildman–Crippen LogP) is -0.0420. The summed E-state index contributed by atoms with van der Waals surface area (Å²) in [4.78, 5) is 25.8. The average Bonchev–Trinajstić information content (AvgIpc) is 2.25. The molecule has 1 N–H and O–H groups in total. The minimum Gasteiger partial charge on any atom is -0.449 e. The fourth-order valence-electron chi connectivity index (χ4n) is 1.23. The number of ether oxygens (including phenoxy) is 1. The first-order valence-corrected chi connectivity index (χ1v) is 5.70. The van der Waals surface area contributed by atoms with Crippen LogP contribution in [0.15, 0.2) is 0 Å². The van der Waals surface area contributed by atoms with E-state index in [9.17, 15) is 9.59 Å². The summed E-state index contributed by atoms with van der Waals surface area (Å²) in [7, 11) is 3.27. The fraction of sp³-hybridized carbons (Fsp3) is 0.818. The van der Waals surface area contributed by atoms with Crippen LogP contribution in [0, 0.1) is 0 Å². The first-order chi connectivity index (χ1) is 8.01. The highest BCUT2D eigenvalue weighted by atomic mass is 16.6. The lowest BCUT2D eigenvalue weighted by Gasteiger charge is -2.18. The van der Waals surface area contributed by atoms with Crippen molar-refractivity contribution in [2.75, 3.05) is 46.9 Å². The lowest BCUT2D eigenvalue weighted by Crippen LogP contribution is -2.38. The molecule has 17 heavy (non-hydrogen) atoms. The molecule has 0 aromatic rings. The number of nitrogens with zero attached hydrogens (tertiary/aromatic N) is 2. The van der Waals surface area contributed by atoms with Crippen LogP contribution < -0.4 is 0 Å². The summed E-state index contributed by atoms with van der Waals surface area (Å²) >= 11 is 0. The number of hydrogen-bond donors (Lipinski definition) is 1. The van der Waals surface area contributed by atoms with E-state index in [0.717, 1.165) is 6.42 Å². The van der Waals surface area contributed by atoms with E-state index in [0.29, 0.717) is 13.2 Å². The van der Waals surface area contributed by atoms with Gasteiger partial charge < -0.3 is 14.7 Å². The third-order valence-corrected chi connectivity index (χ3v) is 2.08. The van der Waals surface area contributed by atoms with Gasteiger partial charge in [0.2, 0.25) is 0 Å². The number of carbonyl (C=O) groups is 2. The van der Waals surface area contributed by atoms with Crippen molar-refractivity contribution in [3.63, 3.8) is 0 Å². The van der Waals surface area contributed by atoms with E-state index in [1.54, 1.807) is 11.9 Å². The summed E-state index contributed by atoms with van der Waals surface area (Å²) in [5, 5.41) is 8.68. The van der Waals surface area contributed by atoms with Gasteiger partial charge in [0.1, 0.15) is 0 Å². The van der Waals surface area contributed by atoms with Crippen LogP contribution in [0.4, 0.5) is 4.79 Å². The normalized spacial score (nSPS) is 10.4. The van der Waals surface area contributed by atoms with Crippen molar-refractivity contribution >= 4 is 11.9 Å².